The van der Waals surface area contributed by atoms with Gasteiger partial charge >= 0.3 is 0 Å². The third-order valence-electron chi connectivity index (χ3n) is 7.30. The minimum atomic E-state index is -1.39. The number of Topliss-reactive ketones (excluding diaryl/α,β-unsaturated/α-hetero) is 1. The van der Waals surface area contributed by atoms with Gasteiger partial charge in [-0.1, -0.05) is 0 Å². The van der Waals surface area contributed by atoms with Gasteiger partial charge in [-0.15, -0.1) is 0 Å². The quantitative estimate of drug-likeness (QED) is 0.254. The van der Waals surface area contributed by atoms with Gasteiger partial charge in [0, 0.05) is 12.8 Å². The van der Waals surface area contributed by atoms with E-state index >= 15 is 0 Å². The van der Waals surface area contributed by atoms with Crippen LogP contribution in [-0.2, 0) is 51.2 Å². The molecule has 0 spiro atoms. The summed E-state index contributed by atoms with van der Waals surface area (Å²) in [5.41, 5.74) is -4.49. The first-order chi connectivity index (χ1) is 17.5. The van der Waals surface area contributed by atoms with E-state index in [1.165, 1.54) is 0 Å². The van der Waals surface area contributed by atoms with Gasteiger partial charge in [0.1, 0.15) is 5.78 Å². The highest BCUT2D eigenvalue weighted by Crippen LogP contribution is 2.39. The van der Waals surface area contributed by atoms with Crippen LogP contribution >= 0.6 is 0 Å². The highest BCUT2D eigenvalue weighted by atomic mass is 16.3. The molecule has 0 saturated heterocycles. The largest absolute Gasteiger partial charge is 0.386 e. The first-order valence-electron chi connectivity index (χ1n) is 13.8. The molecule has 7 nitrogen and oxygen atoms in total. The molecule has 0 aliphatic carbocycles. The van der Waals surface area contributed by atoms with Crippen molar-refractivity contribution in [2.24, 2.45) is 0 Å². The van der Waals surface area contributed by atoms with Crippen LogP contribution in [0, 0.1) is 0 Å². The number of rotatable bonds is 10. The molecule has 40 heavy (non-hydrogen) atoms. The molecule has 0 aliphatic rings. The van der Waals surface area contributed by atoms with Gasteiger partial charge in [-0.05, 0) is 152 Å². The molecule has 7 heteroatoms. The highest BCUT2D eigenvalue weighted by molar-refractivity contribution is 5.85. The molecule has 0 unspecified atom stereocenters. The van der Waals surface area contributed by atoms with Gasteiger partial charge in [-0.25, -0.2) is 0 Å². The van der Waals surface area contributed by atoms with E-state index in [1.807, 2.05) is 0 Å². The lowest BCUT2D eigenvalue weighted by Gasteiger charge is -2.33. The summed E-state index contributed by atoms with van der Waals surface area (Å²) >= 11 is 0. The first kappa shape index (κ1) is 34.1. The Balaban J connectivity index is 2.81. The minimum Gasteiger partial charge on any atom is -0.386 e. The number of carbonyl (C=O) groups excluding carboxylic acids is 1. The lowest BCUT2D eigenvalue weighted by Crippen LogP contribution is -2.30. The van der Waals surface area contributed by atoms with E-state index in [-0.39, 0.29) is 18.6 Å². The number of hydrogen-bond acceptors (Lipinski definition) is 7. The second kappa shape index (κ2) is 10.6. The summed E-state index contributed by atoms with van der Waals surface area (Å²) in [6, 6.07) is 6.67. The van der Waals surface area contributed by atoms with Crippen LogP contribution in [0.25, 0.3) is 0 Å². The number of hydrogen-bond donors (Lipinski definition) is 6. The van der Waals surface area contributed by atoms with Gasteiger partial charge in [0.25, 0.3) is 0 Å². The zero-order valence-corrected chi connectivity index (χ0v) is 26.3. The lowest BCUT2D eigenvalue weighted by atomic mass is 9.77. The molecule has 2 aromatic carbocycles. The van der Waals surface area contributed by atoms with Crippen LogP contribution in [0.2, 0.25) is 0 Å². The molecule has 6 N–H and O–H groups in total. The summed E-state index contributed by atoms with van der Waals surface area (Å²) in [6.45, 7) is 19.2. The number of aliphatic hydroxyl groups is 6. The summed E-state index contributed by atoms with van der Waals surface area (Å²) < 4.78 is 0. The Morgan fingerprint density at radius 1 is 0.450 bits per heavy atom. The Labute approximate surface area is 239 Å². The van der Waals surface area contributed by atoms with Gasteiger partial charge in [0.05, 0.1) is 33.6 Å². The van der Waals surface area contributed by atoms with E-state index in [9.17, 15) is 35.4 Å². The lowest BCUT2D eigenvalue weighted by molar-refractivity contribution is -0.117. The molecule has 0 aliphatic heterocycles. The van der Waals surface area contributed by atoms with Gasteiger partial charge in [-0.2, -0.15) is 0 Å². The van der Waals surface area contributed by atoms with Crippen molar-refractivity contribution in [1.29, 1.82) is 0 Å². The average Bonchev–Trinajstić information content (AvgIpc) is 2.68. The van der Waals surface area contributed by atoms with Crippen LogP contribution in [0.3, 0.4) is 0 Å². The molecule has 0 radical (unpaired) electrons. The van der Waals surface area contributed by atoms with Crippen molar-refractivity contribution >= 4 is 5.78 Å². The van der Waals surface area contributed by atoms with Crippen molar-refractivity contribution in [1.82, 2.24) is 0 Å². The molecule has 2 rings (SSSR count). The number of benzene rings is 2. The molecule has 0 bridgehead atoms. The molecule has 2 aromatic rings. The SMILES string of the molecule is CC(C)(O)c1cc(C(C)(C)O)c(CC(=O)Cc2c(C(C)(C)O)cc(C(C)(C)O)cc2C(C)(C)O)c(C(C)(C)O)c1. The summed E-state index contributed by atoms with van der Waals surface area (Å²) in [6.07, 6.45) is -0.288. The summed E-state index contributed by atoms with van der Waals surface area (Å²) in [5, 5.41) is 65.9. The van der Waals surface area contributed by atoms with E-state index in [1.54, 1.807) is 107 Å². The van der Waals surface area contributed by atoms with Gasteiger partial charge in [0.2, 0.25) is 0 Å². The Morgan fingerprint density at radius 2 is 0.650 bits per heavy atom. The van der Waals surface area contributed by atoms with E-state index in [0.29, 0.717) is 44.5 Å². The van der Waals surface area contributed by atoms with Crippen molar-refractivity contribution in [3.05, 3.63) is 68.8 Å². The second-order valence-electron chi connectivity index (χ2n) is 14.3. The van der Waals surface area contributed by atoms with Gasteiger partial charge in [-0.3, -0.25) is 4.79 Å². The Kier molecular flexibility index (Phi) is 9.04. The number of carbonyl (C=O) groups is 1. The van der Waals surface area contributed by atoms with E-state index in [0.717, 1.165) is 0 Å². The third kappa shape index (κ3) is 7.99. The van der Waals surface area contributed by atoms with E-state index < -0.39 is 33.6 Å². The van der Waals surface area contributed by atoms with Crippen molar-refractivity contribution in [2.75, 3.05) is 0 Å². The highest BCUT2D eigenvalue weighted by Gasteiger charge is 2.35. The third-order valence-corrected chi connectivity index (χ3v) is 7.30. The molecule has 224 valence electrons. The fourth-order valence-corrected chi connectivity index (χ4v) is 5.07. The second-order valence-corrected chi connectivity index (χ2v) is 14.3. The van der Waals surface area contributed by atoms with Crippen LogP contribution < -0.4 is 0 Å². The van der Waals surface area contributed by atoms with Crippen LogP contribution in [-0.4, -0.2) is 36.4 Å². The maximum Gasteiger partial charge on any atom is 0.141 e. The standard InChI is InChI=1S/C33H50O7/c1-28(2,35)19-13-24(30(5,6)37)22(25(14-19)31(7,8)38)17-21(34)18-23-26(32(9,10)39)15-20(29(3,4)36)16-27(23)33(11,12)40/h13-16,35-40H,17-18H2,1-12H3. The van der Waals surface area contributed by atoms with E-state index in [2.05, 4.69) is 0 Å². The van der Waals surface area contributed by atoms with Crippen LogP contribution in [0.15, 0.2) is 24.3 Å². The predicted molar refractivity (Wildman–Crippen MR) is 157 cm³/mol. The zero-order valence-electron chi connectivity index (χ0n) is 26.3. The Morgan fingerprint density at radius 3 is 0.800 bits per heavy atom. The first-order valence-corrected chi connectivity index (χ1v) is 13.8. The van der Waals surface area contributed by atoms with Crippen molar-refractivity contribution in [2.45, 2.75) is 130 Å². The van der Waals surface area contributed by atoms with Crippen molar-refractivity contribution in [3.63, 3.8) is 0 Å². The molecule has 0 aromatic heterocycles. The molecule has 0 fully saturated rings. The zero-order chi connectivity index (χ0) is 31.4. The van der Waals surface area contributed by atoms with E-state index in [4.69, 9.17) is 0 Å². The Hall–Kier alpha value is -2.13. The summed E-state index contributed by atoms with van der Waals surface area (Å²) in [7, 11) is 0. The van der Waals surface area contributed by atoms with Gasteiger partial charge < -0.3 is 30.6 Å². The fourth-order valence-electron chi connectivity index (χ4n) is 5.07. The molecular weight excluding hydrogens is 508 g/mol. The number of ketones is 1. The molecule has 0 atom stereocenters. The van der Waals surface area contributed by atoms with Crippen molar-refractivity contribution in [3.8, 4) is 0 Å². The Bertz CT molecular complexity index is 1080. The summed E-state index contributed by atoms with van der Waals surface area (Å²) in [4.78, 5) is 13.8. The average molecular weight is 559 g/mol. The van der Waals surface area contributed by atoms with Crippen LogP contribution in [0.1, 0.15) is 128 Å². The molecular formula is C33H50O7. The smallest absolute Gasteiger partial charge is 0.141 e. The maximum atomic E-state index is 13.8. The molecule has 0 amide bonds. The fraction of sp³-hybridized carbons (Fsp3) is 0.606. The molecule has 0 heterocycles. The minimum absolute atomic E-state index is 0.144. The molecule has 0 saturated carbocycles. The summed E-state index contributed by atoms with van der Waals surface area (Å²) in [5.74, 6) is -0.265. The monoisotopic (exact) mass is 558 g/mol. The van der Waals surface area contributed by atoms with Crippen LogP contribution in [0.5, 0.6) is 0 Å². The topological polar surface area (TPSA) is 138 Å². The van der Waals surface area contributed by atoms with Crippen LogP contribution in [0.4, 0.5) is 0 Å². The normalized spacial score (nSPS) is 14.1. The van der Waals surface area contributed by atoms with Gasteiger partial charge in [0.15, 0.2) is 0 Å². The van der Waals surface area contributed by atoms with Crippen molar-refractivity contribution < 1.29 is 35.4 Å². The maximum absolute atomic E-state index is 13.8. The predicted octanol–water partition coefficient (Wildman–Crippen LogP) is 4.41.